The number of nitrogens with one attached hydrogen (secondary N) is 2. The normalized spacial score (nSPS) is 7.60. The van der Waals surface area contributed by atoms with Crippen molar-refractivity contribution < 1.29 is 23.8 Å². The van der Waals surface area contributed by atoms with Gasteiger partial charge in [0.15, 0.2) is 0 Å². The summed E-state index contributed by atoms with van der Waals surface area (Å²) in [6.45, 7) is 0. The summed E-state index contributed by atoms with van der Waals surface area (Å²) in [6, 6.07) is 0. The third-order valence-corrected chi connectivity index (χ3v) is 1.48. The topological polar surface area (TPSA) is 24.1 Å². The predicted molar refractivity (Wildman–Crippen MR) is 18.1 cm³/mol. The van der Waals surface area contributed by atoms with E-state index in [9.17, 15) is 0 Å². The SMILES string of the molecule is C[NH][Zr][NH]C. The van der Waals surface area contributed by atoms with Crippen LogP contribution in [0.5, 0.6) is 0 Å². The fraction of sp³-hybridized carbons (Fsp3) is 1.00. The third kappa shape index (κ3) is 4.80. The molecule has 0 bridgehead atoms. The van der Waals surface area contributed by atoms with Gasteiger partial charge in [0.25, 0.3) is 0 Å². The van der Waals surface area contributed by atoms with Gasteiger partial charge in [0.05, 0.1) is 0 Å². The van der Waals surface area contributed by atoms with Crippen molar-refractivity contribution in [1.29, 1.82) is 0 Å². The summed E-state index contributed by atoms with van der Waals surface area (Å²) >= 11 is -0.282. The van der Waals surface area contributed by atoms with Gasteiger partial charge in [-0.3, -0.25) is 0 Å². The Morgan fingerprint density at radius 2 is 1.60 bits per heavy atom. The van der Waals surface area contributed by atoms with Gasteiger partial charge in [-0.15, -0.1) is 0 Å². The number of hydrogen-bond donors (Lipinski definition) is 2. The minimum atomic E-state index is -0.282. The molecular weight excluding hydrogens is 143 g/mol. The molecular formula is C2H8N2Zr. The van der Waals surface area contributed by atoms with E-state index in [1.165, 1.54) is 0 Å². The van der Waals surface area contributed by atoms with Gasteiger partial charge in [-0.2, -0.15) is 0 Å². The molecule has 0 radical (unpaired) electrons. The zero-order valence-electron chi connectivity index (χ0n) is 3.50. The van der Waals surface area contributed by atoms with Gasteiger partial charge >= 0.3 is 44.4 Å². The predicted octanol–water partition coefficient (Wildman–Crippen LogP) is -0.662. The molecule has 0 atom stereocenters. The Morgan fingerprint density at radius 3 is 1.60 bits per heavy atom. The third-order valence-electron chi connectivity index (χ3n) is 0.250. The van der Waals surface area contributed by atoms with Crippen molar-refractivity contribution in [2.75, 3.05) is 14.1 Å². The Labute approximate surface area is 44.7 Å². The maximum atomic E-state index is 3.08. The van der Waals surface area contributed by atoms with Crippen LogP contribution in [-0.4, -0.2) is 14.1 Å². The average molecular weight is 151 g/mol. The molecule has 30 valence electrons. The molecule has 0 aromatic carbocycles. The number of rotatable bonds is 2. The molecule has 0 saturated carbocycles. The fourth-order valence-corrected chi connectivity index (χ4v) is 0.740. The van der Waals surface area contributed by atoms with Gasteiger partial charge < -0.3 is 0 Å². The second-order valence-electron chi connectivity index (χ2n) is 0.625. The van der Waals surface area contributed by atoms with E-state index in [-0.39, 0.29) is 23.8 Å². The van der Waals surface area contributed by atoms with Gasteiger partial charge in [0.1, 0.15) is 0 Å². The Hall–Kier alpha value is 0.803. The summed E-state index contributed by atoms with van der Waals surface area (Å²) in [7, 11) is 3.95. The molecule has 0 aromatic heterocycles. The van der Waals surface area contributed by atoms with Gasteiger partial charge in [0, 0.05) is 0 Å². The first kappa shape index (κ1) is 5.80. The van der Waals surface area contributed by atoms with Crippen LogP contribution in [0.25, 0.3) is 0 Å². The fourth-order valence-electron chi connectivity index (χ4n) is 0.125. The molecule has 0 aliphatic heterocycles. The molecule has 3 heteroatoms. The first-order chi connectivity index (χ1) is 2.41. The molecule has 0 heterocycles. The van der Waals surface area contributed by atoms with Crippen LogP contribution in [0.4, 0.5) is 0 Å². The van der Waals surface area contributed by atoms with Crippen molar-refractivity contribution in [2.45, 2.75) is 0 Å². The van der Waals surface area contributed by atoms with Crippen LogP contribution in [-0.2, 0) is 23.8 Å². The molecule has 2 nitrogen and oxygen atoms in total. The Morgan fingerprint density at radius 1 is 1.20 bits per heavy atom. The van der Waals surface area contributed by atoms with Crippen molar-refractivity contribution in [3.8, 4) is 0 Å². The molecule has 0 aliphatic carbocycles. The van der Waals surface area contributed by atoms with Crippen molar-refractivity contribution >= 4 is 0 Å². The molecule has 5 heavy (non-hydrogen) atoms. The van der Waals surface area contributed by atoms with Gasteiger partial charge in [0.2, 0.25) is 0 Å². The monoisotopic (exact) mass is 150 g/mol. The van der Waals surface area contributed by atoms with Crippen LogP contribution < -0.4 is 6.52 Å². The van der Waals surface area contributed by atoms with Crippen molar-refractivity contribution in [3.63, 3.8) is 0 Å². The summed E-state index contributed by atoms with van der Waals surface area (Å²) in [4.78, 5) is 0. The zero-order valence-corrected chi connectivity index (χ0v) is 5.96. The molecule has 0 unspecified atom stereocenters. The second-order valence-corrected chi connectivity index (χ2v) is 3.70. The van der Waals surface area contributed by atoms with Crippen LogP contribution in [0.1, 0.15) is 0 Å². The van der Waals surface area contributed by atoms with Gasteiger partial charge in [-0.25, -0.2) is 0 Å². The minimum absolute atomic E-state index is 0.282. The summed E-state index contributed by atoms with van der Waals surface area (Å²) in [5.41, 5.74) is 0. The second kappa shape index (κ2) is 4.80. The Balaban J connectivity index is 2.19. The maximum absolute atomic E-state index is 3.08. The molecule has 0 aliphatic rings. The summed E-state index contributed by atoms with van der Waals surface area (Å²) in [5, 5.41) is 0. The van der Waals surface area contributed by atoms with E-state index < -0.39 is 0 Å². The van der Waals surface area contributed by atoms with Crippen LogP contribution >= 0.6 is 0 Å². The summed E-state index contributed by atoms with van der Waals surface area (Å²) in [6.07, 6.45) is 0. The van der Waals surface area contributed by atoms with Crippen molar-refractivity contribution in [2.24, 2.45) is 0 Å². The van der Waals surface area contributed by atoms with Crippen molar-refractivity contribution in [3.05, 3.63) is 0 Å². The van der Waals surface area contributed by atoms with E-state index in [1.807, 2.05) is 14.1 Å². The molecule has 0 rings (SSSR count). The van der Waals surface area contributed by atoms with Crippen LogP contribution in [0, 0.1) is 0 Å². The van der Waals surface area contributed by atoms with E-state index in [4.69, 9.17) is 0 Å². The first-order valence-electron chi connectivity index (χ1n) is 1.50. The standard InChI is InChI=1S/2CH4N.Zr/c2*1-2;/h2*2H,1H3;/q2*-1;+2. The van der Waals surface area contributed by atoms with Crippen LogP contribution in [0.2, 0.25) is 0 Å². The Bertz CT molecular complexity index is 15.1. The first-order valence-corrected chi connectivity index (χ1v) is 3.96. The van der Waals surface area contributed by atoms with Crippen LogP contribution in [0.3, 0.4) is 0 Å². The van der Waals surface area contributed by atoms with Crippen LogP contribution in [0.15, 0.2) is 0 Å². The van der Waals surface area contributed by atoms with E-state index >= 15 is 0 Å². The van der Waals surface area contributed by atoms with E-state index in [2.05, 4.69) is 6.52 Å². The molecule has 0 aromatic rings. The molecule has 2 N–H and O–H groups in total. The summed E-state index contributed by atoms with van der Waals surface area (Å²) < 4.78 is 6.15. The quantitative estimate of drug-likeness (QED) is 0.547. The molecule has 0 amide bonds. The van der Waals surface area contributed by atoms with E-state index in [0.717, 1.165) is 0 Å². The molecule has 0 spiro atoms. The molecule has 0 saturated heterocycles. The molecule has 0 fully saturated rings. The average Bonchev–Trinajstić information content (AvgIpc) is 1.41. The van der Waals surface area contributed by atoms with Gasteiger partial charge in [-0.1, -0.05) is 0 Å². The van der Waals surface area contributed by atoms with E-state index in [0.29, 0.717) is 0 Å². The Kier molecular flexibility index (Phi) is 5.57. The van der Waals surface area contributed by atoms with Crippen molar-refractivity contribution in [1.82, 2.24) is 6.52 Å². The van der Waals surface area contributed by atoms with E-state index in [1.54, 1.807) is 0 Å². The summed E-state index contributed by atoms with van der Waals surface area (Å²) in [5.74, 6) is 0. The van der Waals surface area contributed by atoms with Gasteiger partial charge in [-0.05, 0) is 0 Å². The zero-order chi connectivity index (χ0) is 4.12. The number of hydrogen-bond acceptors (Lipinski definition) is 2.